The van der Waals surface area contributed by atoms with Crippen LogP contribution in [0.25, 0.3) is 5.57 Å². The molecular formula is C9H9NO4S. The van der Waals surface area contributed by atoms with Crippen LogP contribution in [0.15, 0.2) is 35.7 Å². The first-order valence-corrected chi connectivity index (χ1v) is 5.43. The van der Waals surface area contributed by atoms with Crippen molar-refractivity contribution in [3.05, 3.63) is 36.4 Å². The second-order valence-electron chi connectivity index (χ2n) is 2.82. The Morgan fingerprint density at radius 2 is 1.87 bits per heavy atom. The third kappa shape index (κ3) is 2.42. The maximum absolute atomic E-state index is 11.1. The topological polar surface area (TPSA) is 97.5 Å². The van der Waals surface area contributed by atoms with Gasteiger partial charge >= 0.3 is 5.97 Å². The van der Waals surface area contributed by atoms with Gasteiger partial charge < -0.3 is 5.11 Å². The Bertz CT molecular complexity index is 519. The molecule has 0 aliphatic carbocycles. The van der Waals surface area contributed by atoms with E-state index in [0.717, 1.165) is 0 Å². The maximum Gasteiger partial charge on any atom is 0.335 e. The SMILES string of the molecule is C=C(C(=O)O)c1ccccc1S(N)(=O)=O. The lowest BCUT2D eigenvalue weighted by atomic mass is 10.1. The molecule has 1 aromatic rings. The Kier molecular flexibility index (Phi) is 2.92. The summed E-state index contributed by atoms with van der Waals surface area (Å²) >= 11 is 0. The molecule has 0 aliphatic rings. The van der Waals surface area contributed by atoms with Crippen LogP contribution in [0.3, 0.4) is 0 Å². The maximum atomic E-state index is 11.1. The summed E-state index contributed by atoms with van der Waals surface area (Å²) in [5.74, 6) is -1.29. The Morgan fingerprint density at radius 3 is 2.33 bits per heavy atom. The van der Waals surface area contributed by atoms with E-state index >= 15 is 0 Å². The number of benzene rings is 1. The fourth-order valence-electron chi connectivity index (χ4n) is 1.08. The van der Waals surface area contributed by atoms with Crippen LogP contribution in [0.1, 0.15) is 5.56 Å². The number of carboxylic acids is 1. The van der Waals surface area contributed by atoms with E-state index in [1.807, 2.05) is 0 Å². The number of primary sulfonamides is 1. The third-order valence-corrected chi connectivity index (χ3v) is 2.75. The lowest BCUT2D eigenvalue weighted by Gasteiger charge is -2.06. The van der Waals surface area contributed by atoms with Crippen LogP contribution in [-0.4, -0.2) is 19.5 Å². The average molecular weight is 227 g/mol. The van der Waals surface area contributed by atoms with Gasteiger partial charge in [0.2, 0.25) is 10.0 Å². The normalized spacial score (nSPS) is 11.0. The third-order valence-electron chi connectivity index (χ3n) is 1.78. The Hall–Kier alpha value is -1.66. The van der Waals surface area contributed by atoms with Crippen LogP contribution in [0.5, 0.6) is 0 Å². The number of hydrogen-bond donors (Lipinski definition) is 2. The second kappa shape index (κ2) is 3.84. The molecule has 3 N–H and O–H groups in total. The van der Waals surface area contributed by atoms with Crippen molar-refractivity contribution in [1.29, 1.82) is 0 Å². The Balaban J connectivity index is 3.44. The van der Waals surface area contributed by atoms with Crippen molar-refractivity contribution < 1.29 is 18.3 Å². The van der Waals surface area contributed by atoms with Crippen LogP contribution in [-0.2, 0) is 14.8 Å². The zero-order valence-electron chi connectivity index (χ0n) is 7.67. The van der Waals surface area contributed by atoms with Gasteiger partial charge in [-0.25, -0.2) is 18.4 Å². The zero-order chi connectivity index (χ0) is 11.6. The lowest BCUT2D eigenvalue weighted by molar-refractivity contribution is -0.130. The molecule has 0 atom stereocenters. The predicted octanol–water partition coefficient (Wildman–Crippen LogP) is 0.432. The summed E-state index contributed by atoms with van der Waals surface area (Å²) in [5, 5.41) is 13.6. The Labute approximate surface area is 86.9 Å². The quantitative estimate of drug-likeness (QED) is 0.732. The van der Waals surface area contributed by atoms with Gasteiger partial charge in [-0.05, 0) is 6.07 Å². The first-order chi connectivity index (χ1) is 6.84. The van der Waals surface area contributed by atoms with Crippen LogP contribution in [0, 0.1) is 0 Å². The molecule has 6 heteroatoms. The molecule has 0 spiro atoms. The number of carbonyl (C=O) groups is 1. The molecule has 0 amide bonds. The van der Waals surface area contributed by atoms with Gasteiger partial charge in [-0.1, -0.05) is 24.8 Å². The number of sulfonamides is 1. The van der Waals surface area contributed by atoms with Crippen LogP contribution >= 0.6 is 0 Å². The van der Waals surface area contributed by atoms with E-state index in [1.54, 1.807) is 0 Å². The molecule has 80 valence electrons. The highest BCUT2D eigenvalue weighted by Gasteiger charge is 2.18. The number of carboxylic acid groups (broad SMARTS) is 1. The minimum Gasteiger partial charge on any atom is -0.478 e. The molecule has 15 heavy (non-hydrogen) atoms. The van der Waals surface area contributed by atoms with Gasteiger partial charge in [0.05, 0.1) is 10.5 Å². The van der Waals surface area contributed by atoms with Crippen molar-refractivity contribution in [2.45, 2.75) is 4.90 Å². The smallest absolute Gasteiger partial charge is 0.335 e. The summed E-state index contributed by atoms with van der Waals surface area (Å²) in [6.07, 6.45) is 0. The van der Waals surface area contributed by atoms with E-state index in [2.05, 4.69) is 6.58 Å². The van der Waals surface area contributed by atoms with Crippen LogP contribution in [0.4, 0.5) is 0 Å². The molecule has 0 saturated carbocycles. The monoisotopic (exact) mass is 227 g/mol. The fraction of sp³-hybridized carbons (Fsp3) is 0. The average Bonchev–Trinajstić information content (AvgIpc) is 2.15. The molecule has 0 aliphatic heterocycles. The largest absolute Gasteiger partial charge is 0.478 e. The minimum absolute atomic E-state index is 0.00694. The van der Waals surface area contributed by atoms with Gasteiger partial charge in [-0.2, -0.15) is 0 Å². The van der Waals surface area contributed by atoms with Crippen molar-refractivity contribution in [3.63, 3.8) is 0 Å². The summed E-state index contributed by atoms with van der Waals surface area (Å²) < 4.78 is 22.2. The van der Waals surface area contributed by atoms with Crippen molar-refractivity contribution in [2.24, 2.45) is 5.14 Å². The van der Waals surface area contributed by atoms with E-state index in [9.17, 15) is 13.2 Å². The molecule has 0 heterocycles. The highest BCUT2D eigenvalue weighted by Crippen LogP contribution is 2.20. The van der Waals surface area contributed by atoms with Gasteiger partial charge in [0.15, 0.2) is 0 Å². The first kappa shape index (κ1) is 11.4. The highest BCUT2D eigenvalue weighted by molar-refractivity contribution is 7.89. The van der Waals surface area contributed by atoms with E-state index in [4.69, 9.17) is 10.2 Å². The molecule has 1 aromatic carbocycles. The molecule has 0 saturated heterocycles. The van der Waals surface area contributed by atoms with Gasteiger partial charge in [0.1, 0.15) is 0 Å². The Morgan fingerprint density at radius 1 is 1.33 bits per heavy atom. The number of aliphatic carboxylic acids is 1. The van der Waals surface area contributed by atoms with E-state index in [1.165, 1.54) is 24.3 Å². The molecule has 0 aromatic heterocycles. The molecule has 0 unspecified atom stereocenters. The summed E-state index contributed by atoms with van der Waals surface area (Å²) in [7, 11) is -3.94. The number of nitrogens with two attached hydrogens (primary N) is 1. The van der Waals surface area contributed by atoms with Crippen molar-refractivity contribution in [2.75, 3.05) is 0 Å². The molecule has 1 rings (SSSR count). The van der Waals surface area contributed by atoms with Crippen molar-refractivity contribution in [1.82, 2.24) is 0 Å². The minimum atomic E-state index is -3.94. The van der Waals surface area contributed by atoms with Gasteiger partial charge in [0.25, 0.3) is 0 Å². The van der Waals surface area contributed by atoms with Crippen molar-refractivity contribution >= 4 is 21.6 Å². The van der Waals surface area contributed by atoms with Crippen LogP contribution in [0.2, 0.25) is 0 Å². The summed E-state index contributed by atoms with van der Waals surface area (Å²) in [6.45, 7) is 3.28. The standard InChI is InChI=1S/C9H9NO4S/c1-6(9(11)12)7-4-2-3-5-8(7)15(10,13)14/h2-5H,1H2,(H,11,12)(H2,10,13,14). The zero-order valence-corrected chi connectivity index (χ0v) is 8.49. The number of hydrogen-bond acceptors (Lipinski definition) is 3. The highest BCUT2D eigenvalue weighted by atomic mass is 32.2. The van der Waals surface area contributed by atoms with E-state index in [0.29, 0.717) is 0 Å². The molecule has 0 radical (unpaired) electrons. The van der Waals surface area contributed by atoms with Gasteiger partial charge in [0, 0.05) is 5.56 Å². The molecule has 5 nitrogen and oxygen atoms in total. The second-order valence-corrected chi connectivity index (χ2v) is 4.35. The predicted molar refractivity (Wildman–Crippen MR) is 54.5 cm³/mol. The van der Waals surface area contributed by atoms with Crippen molar-refractivity contribution in [3.8, 4) is 0 Å². The summed E-state index contributed by atoms with van der Waals surface area (Å²) in [4.78, 5) is 10.4. The van der Waals surface area contributed by atoms with Gasteiger partial charge in [-0.15, -0.1) is 0 Å². The molecule has 0 fully saturated rings. The molecular weight excluding hydrogens is 218 g/mol. The lowest BCUT2D eigenvalue weighted by Crippen LogP contribution is -2.15. The summed E-state index contributed by atoms with van der Waals surface area (Å²) in [5.41, 5.74) is -0.299. The number of rotatable bonds is 3. The summed E-state index contributed by atoms with van der Waals surface area (Å²) in [6, 6.07) is 5.55. The van der Waals surface area contributed by atoms with Gasteiger partial charge in [-0.3, -0.25) is 0 Å². The first-order valence-electron chi connectivity index (χ1n) is 3.88. The van der Waals surface area contributed by atoms with Crippen LogP contribution < -0.4 is 5.14 Å². The van der Waals surface area contributed by atoms with E-state index < -0.39 is 16.0 Å². The molecule has 0 bridgehead atoms. The fourth-order valence-corrected chi connectivity index (χ4v) is 1.85. The van der Waals surface area contributed by atoms with E-state index in [-0.39, 0.29) is 16.0 Å².